The highest BCUT2D eigenvalue weighted by Gasteiger charge is 2.20. The molecular weight excluding hydrogens is 428 g/mol. The van der Waals surface area contributed by atoms with Crippen molar-refractivity contribution in [3.63, 3.8) is 0 Å². The number of hydrogen-bond acceptors (Lipinski definition) is 6. The minimum Gasteiger partial charge on any atom is -0.350 e. The molecule has 3 heterocycles. The maximum absolute atomic E-state index is 13.0. The lowest BCUT2D eigenvalue weighted by atomic mass is 9.97. The van der Waals surface area contributed by atoms with E-state index in [0.717, 1.165) is 45.7 Å². The van der Waals surface area contributed by atoms with Crippen LogP contribution < -0.4 is 10.9 Å². The summed E-state index contributed by atoms with van der Waals surface area (Å²) in [4.78, 5) is 36.6. The lowest BCUT2D eigenvalue weighted by Crippen LogP contribution is -2.27. The van der Waals surface area contributed by atoms with Crippen molar-refractivity contribution in [3.05, 3.63) is 68.5 Å². The van der Waals surface area contributed by atoms with Crippen LogP contribution in [0.4, 0.5) is 0 Å². The lowest BCUT2D eigenvalue weighted by molar-refractivity contribution is -0.121. The number of aryl methyl sites for hydroxylation is 3. The van der Waals surface area contributed by atoms with Gasteiger partial charge in [-0.25, -0.2) is 9.97 Å². The highest BCUT2D eigenvalue weighted by molar-refractivity contribution is 7.18. The van der Waals surface area contributed by atoms with Gasteiger partial charge in [0.2, 0.25) is 5.91 Å². The zero-order chi connectivity index (χ0) is 21.2. The van der Waals surface area contributed by atoms with Crippen LogP contribution in [-0.2, 0) is 30.7 Å². The van der Waals surface area contributed by atoms with Crippen molar-refractivity contribution in [2.24, 2.45) is 0 Å². The Kier molecular flexibility index (Phi) is 5.65. The summed E-state index contributed by atoms with van der Waals surface area (Å²) in [5.74, 6) is -0.103. The van der Waals surface area contributed by atoms with E-state index in [1.54, 1.807) is 33.6 Å². The molecule has 0 atom stereocenters. The summed E-state index contributed by atoms with van der Waals surface area (Å²) in [5, 5.41) is 6.57. The first kappa shape index (κ1) is 20.1. The fourth-order valence-electron chi connectivity index (χ4n) is 3.94. The Hall–Kier alpha value is -2.84. The first-order valence-corrected chi connectivity index (χ1v) is 12.1. The smallest absolute Gasteiger partial charge is 0.262 e. The van der Waals surface area contributed by atoms with Gasteiger partial charge in [0.15, 0.2) is 0 Å². The normalized spacial score (nSPS) is 13.3. The van der Waals surface area contributed by atoms with E-state index in [9.17, 15) is 9.59 Å². The topological polar surface area (TPSA) is 76.9 Å². The second-order valence-electron chi connectivity index (χ2n) is 7.67. The standard InChI is InChI=1S/C23H22N4O2S2/c28-19(24-12-16-13-30-21(26-16)15-6-2-1-3-7-15)10-11-27-14-25-22-20(23(27)29)17-8-4-5-9-18(17)31-22/h1-3,6-7,13-14H,4-5,8-12H2,(H,24,28). The average molecular weight is 451 g/mol. The van der Waals surface area contributed by atoms with Crippen molar-refractivity contribution in [2.75, 3.05) is 0 Å². The van der Waals surface area contributed by atoms with Crippen LogP contribution >= 0.6 is 22.7 Å². The molecule has 0 spiro atoms. The molecular formula is C23H22N4O2S2. The third-order valence-electron chi connectivity index (χ3n) is 5.56. The Balaban J connectivity index is 1.21. The molecule has 0 radical (unpaired) electrons. The van der Waals surface area contributed by atoms with Gasteiger partial charge < -0.3 is 5.32 Å². The summed E-state index contributed by atoms with van der Waals surface area (Å²) < 4.78 is 1.57. The predicted molar refractivity (Wildman–Crippen MR) is 125 cm³/mol. The van der Waals surface area contributed by atoms with Crippen LogP contribution in [0.1, 0.15) is 35.4 Å². The van der Waals surface area contributed by atoms with E-state index in [0.29, 0.717) is 13.1 Å². The van der Waals surface area contributed by atoms with Gasteiger partial charge in [-0.3, -0.25) is 14.2 Å². The zero-order valence-corrected chi connectivity index (χ0v) is 18.6. The van der Waals surface area contributed by atoms with Crippen LogP contribution in [0, 0.1) is 0 Å². The molecule has 0 aliphatic heterocycles. The third kappa shape index (κ3) is 4.18. The average Bonchev–Trinajstić information content (AvgIpc) is 3.43. The monoisotopic (exact) mass is 450 g/mol. The molecule has 0 fully saturated rings. The van der Waals surface area contributed by atoms with Crippen LogP contribution in [0.5, 0.6) is 0 Å². The van der Waals surface area contributed by atoms with Crippen LogP contribution in [0.15, 0.2) is 46.8 Å². The van der Waals surface area contributed by atoms with E-state index in [1.807, 2.05) is 35.7 Å². The highest BCUT2D eigenvalue weighted by Crippen LogP contribution is 2.33. The van der Waals surface area contributed by atoms with Gasteiger partial charge in [0.1, 0.15) is 9.84 Å². The van der Waals surface area contributed by atoms with Crippen LogP contribution in [0.3, 0.4) is 0 Å². The summed E-state index contributed by atoms with van der Waals surface area (Å²) in [7, 11) is 0. The largest absolute Gasteiger partial charge is 0.350 e. The SMILES string of the molecule is O=C(CCn1cnc2sc3c(c2c1=O)CCCC3)NCc1csc(-c2ccccc2)n1. The number of thiophene rings is 1. The van der Waals surface area contributed by atoms with E-state index >= 15 is 0 Å². The van der Waals surface area contributed by atoms with E-state index in [2.05, 4.69) is 15.3 Å². The van der Waals surface area contributed by atoms with Gasteiger partial charge in [0, 0.05) is 28.8 Å². The molecule has 0 unspecified atom stereocenters. The van der Waals surface area contributed by atoms with Gasteiger partial charge >= 0.3 is 0 Å². The molecule has 1 aromatic carbocycles. The van der Waals surface area contributed by atoms with Crippen molar-refractivity contribution >= 4 is 38.8 Å². The molecule has 158 valence electrons. The molecule has 1 N–H and O–H groups in total. The molecule has 3 aromatic heterocycles. The van der Waals surface area contributed by atoms with Crippen LogP contribution in [0.2, 0.25) is 0 Å². The van der Waals surface area contributed by atoms with E-state index in [4.69, 9.17) is 0 Å². The quantitative estimate of drug-likeness (QED) is 0.478. The van der Waals surface area contributed by atoms with Crippen molar-refractivity contribution < 1.29 is 4.79 Å². The number of carbonyl (C=O) groups is 1. The summed E-state index contributed by atoms with van der Waals surface area (Å²) in [6.07, 6.45) is 6.11. The van der Waals surface area contributed by atoms with E-state index < -0.39 is 0 Å². The number of hydrogen-bond donors (Lipinski definition) is 1. The van der Waals surface area contributed by atoms with Crippen molar-refractivity contribution in [3.8, 4) is 10.6 Å². The number of thiazole rings is 1. The van der Waals surface area contributed by atoms with Gasteiger partial charge in [0.05, 0.1) is 24.0 Å². The number of nitrogens with zero attached hydrogens (tertiary/aromatic N) is 3. The highest BCUT2D eigenvalue weighted by atomic mass is 32.1. The van der Waals surface area contributed by atoms with Gasteiger partial charge in [-0.15, -0.1) is 22.7 Å². The van der Waals surface area contributed by atoms with Gasteiger partial charge in [-0.2, -0.15) is 0 Å². The Labute approximate surface area is 187 Å². The summed E-state index contributed by atoms with van der Waals surface area (Å²) in [6.45, 7) is 0.705. The molecule has 1 amide bonds. The molecule has 0 saturated carbocycles. The first-order chi connectivity index (χ1) is 15.2. The van der Waals surface area contributed by atoms with Gasteiger partial charge in [-0.1, -0.05) is 30.3 Å². The summed E-state index contributed by atoms with van der Waals surface area (Å²) >= 11 is 3.21. The fourth-order valence-corrected chi connectivity index (χ4v) is 5.99. The summed E-state index contributed by atoms with van der Waals surface area (Å²) in [6, 6.07) is 9.99. The van der Waals surface area contributed by atoms with Crippen molar-refractivity contribution in [2.45, 2.75) is 45.2 Å². The second kappa shape index (κ2) is 8.72. The fraction of sp³-hybridized carbons (Fsp3) is 0.304. The van der Waals surface area contributed by atoms with Crippen LogP contribution in [0.25, 0.3) is 20.8 Å². The van der Waals surface area contributed by atoms with E-state index in [-0.39, 0.29) is 17.9 Å². The molecule has 1 aliphatic rings. The van der Waals surface area contributed by atoms with Crippen molar-refractivity contribution in [1.29, 1.82) is 0 Å². The molecule has 4 aromatic rings. The minimum absolute atomic E-state index is 0.0239. The molecule has 31 heavy (non-hydrogen) atoms. The number of nitrogens with one attached hydrogen (secondary N) is 1. The molecule has 0 bridgehead atoms. The molecule has 6 nitrogen and oxygen atoms in total. The third-order valence-corrected chi connectivity index (χ3v) is 7.70. The lowest BCUT2D eigenvalue weighted by Gasteiger charge is -2.10. The second-order valence-corrected chi connectivity index (χ2v) is 9.61. The molecule has 1 aliphatic carbocycles. The van der Waals surface area contributed by atoms with E-state index in [1.165, 1.54) is 16.9 Å². The number of rotatable bonds is 6. The molecule has 5 rings (SSSR count). The Morgan fingerprint density at radius 2 is 2.00 bits per heavy atom. The Bertz CT molecular complexity index is 1290. The first-order valence-electron chi connectivity index (χ1n) is 10.5. The summed E-state index contributed by atoms with van der Waals surface area (Å²) in [5.41, 5.74) is 3.06. The Morgan fingerprint density at radius 1 is 1.16 bits per heavy atom. The number of carbonyl (C=O) groups excluding carboxylic acids is 1. The molecule has 0 saturated heterocycles. The Morgan fingerprint density at radius 3 is 2.87 bits per heavy atom. The zero-order valence-electron chi connectivity index (χ0n) is 17.0. The minimum atomic E-state index is -0.103. The van der Waals surface area contributed by atoms with Gasteiger partial charge in [-0.05, 0) is 31.2 Å². The molecule has 8 heteroatoms. The number of amides is 1. The van der Waals surface area contributed by atoms with Crippen molar-refractivity contribution in [1.82, 2.24) is 19.9 Å². The predicted octanol–water partition coefficient (Wildman–Crippen LogP) is 4.17. The number of aromatic nitrogens is 3. The number of benzene rings is 1. The maximum atomic E-state index is 13.0. The number of fused-ring (bicyclic) bond motifs is 3. The van der Waals surface area contributed by atoms with Gasteiger partial charge in [0.25, 0.3) is 5.56 Å². The maximum Gasteiger partial charge on any atom is 0.262 e. The van der Waals surface area contributed by atoms with Crippen LogP contribution in [-0.4, -0.2) is 20.4 Å².